The first kappa shape index (κ1) is 13.9. The summed E-state index contributed by atoms with van der Waals surface area (Å²) < 4.78 is 10.9. The van der Waals surface area contributed by atoms with Crippen LogP contribution in [0, 0.1) is 5.41 Å². The first-order valence-electron chi connectivity index (χ1n) is 8.02. The Morgan fingerprint density at radius 3 is 2.59 bits per heavy atom. The molecule has 0 unspecified atom stereocenters. The van der Waals surface area contributed by atoms with Gasteiger partial charge >= 0.3 is 0 Å². The summed E-state index contributed by atoms with van der Waals surface area (Å²) in [7, 11) is 3.35. The van der Waals surface area contributed by atoms with Crippen LogP contribution in [0.15, 0.2) is 30.0 Å². The van der Waals surface area contributed by atoms with E-state index in [1.165, 1.54) is 24.1 Å². The molecule has 1 aromatic carbocycles. The van der Waals surface area contributed by atoms with E-state index >= 15 is 0 Å². The average Bonchev–Trinajstić information content (AvgIpc) is 3.15. The van der Waals surface area contributed by atoms with Gasteiger partial charge in [0.2, 0.25) is 0 Å². The highest BCUT2D eigenvalue weighted by Gasteiger charge is 2.64. The first-order chi connectivity index (χ1) is 10.6. The van der Waals surface area contributed by atoms with Crippen LogP contribution in [0.2, 0.25) is 0 Å². The fourth-order valence-corrected chi connectivity index (χ4v) is 4.74. The van der Waals surface area contributed by atoms with Crippen molar-refractivity contribution in [3.05, 3.63) is 35.5 Å². The summed E-state index contributed by atoms with van der Waals surface area (Å²) in [5.41, 5.74) is 2.70. The highest BCUT2D eigenvalue weighted by Crippen LogP contribution is 2.69. The summed E-state index contributed by atoms with van der Waals surface area (Å²) in [6.07, 6.45) is 6.03. The Morgan fingerprint density at radius 2 is 1.91 bits per heavy atom. The second kappa shape index (κ2) is 4.66. The van der Waals surface area contributed by atoms with Gasteiger partial charge in [0.25, 0.3) is 0 Å². The fraction of sp³-hybridized carbons (Fsp3) is 0.556. The second-order valence-electron chi connectivity index (χ2n) is 6.78. The Balaban J connectivity index is 1.87. The maximum Gasteiger partial charge on any atom is 0.161 e. The van der Waals surface area contributed by atoms with Gasteiger partial charge in [-0.15, -0.1) is 0 Å². The van der Waals surface area contributed by atoms with Gasteiger partial charge in [-0.3, -0.25) is 0 Å². The number of ether oxygens (including phenoxy) is 2. The zero-order chi connectivity index (χ0) is 15.4. The monoisotopic (exact) mass is 301 g/mol. The van der Waals surface area contributed by atoms with E-state index in [4.69, 9.17) is 9.47 Å². The maximum absolute atomic E-state index is 10.2. The number of aliphatic hydroxyl groups is 1. The van der Waals surface area contributed by atoms with Crippen LogP contribution in [-0.4, -0.2) is 32.0 Å². The SMILES string of the molecule is COc1ccc([C@]23CCNC2=C[C@H](O)CC32CC2)cc1OC. The molecule has 0 amide bonds. The predicted molar refractivity (Wildman–Crippen MR) is 84.2 cm³/mol. The maximum atomic E-state index is 10.2. The molecule has 1 heterocycles. The molecule has 1 saturated carbocycles. The fourth-order valence-electron chi connectivity index (χ4n) is 4.74. The van der Waals surface area contributed by atoms with Crippen LogP contribution in [0.5, 0.6) is 11.5 Å². The number of nitrogens with one attached hydrogen (secondary N) is 1. The molecule has 22 heavy (non-hydrogen) atoms. The molecule has 0 bridgehead atoms. The van der Waals surface area contributed by atoms with Crippen LogP contribution >= 0.6 is 0 Å². The summed E-state index contributed by atoms with van der Waals surface area (Å²) in [5.74, 6) is 1.54. The van der Waals surface area contributed by atoms with Gasteiger partial charge in [0.05, 0.1) is 20.3 Å². The molecule has 4 heteroatoms. The molecule has 4 rings (SSSR count). The minimum absolute atomic E-state index is 0.00574. The molecule has 3 aliphatic rings. The van der Waals surface area contributed by atoms with E-state index in [1.807, 2.05) is 12.1 Å². The number of methoxy groups -OCH3 is 2. The largest absolute Gasteiger partial charge is 0.493 e. The van der Waals surface area contributed by atoms with E-state index in [0.717, 1.165) is 30.9 Å². The molecule has 1 aliphatic heterocycles. The number of fused-ring (bicyclic) bond motifs is 2. The summed E-state index contributed by atoms with van der Waals surface area (Å²) in [5, 5.41) is 13.7. The van der Waals surface area contributed by atoms with Gasteiger partial charge in [0, 0.05) is 17.7 Å². The lowest BCUT2D eigenvalue weighted by Gasteiger charge is -2.43. The summed E-state index contributed by atoms with van der Waals surface area (Å²) in [6, 6.07) is 6.29. The molecule has 1 spiro atoms. The van der Waals surface area contributed by atoms with Crippen molar-refractivity contribution in [1.29, 1.82) is 0 Å². The number of aliphatic hydroxyl groups excluding tert-OH is 1. The van der Waals surface area contributed by atoms with Crippen molar-refractivity contribution in [2.24, 2.45) is 5.41 Å². The highest BCUT2D eigenvalue weighted by molar-refractivity contribution is 5.52. The van der Waals surface area contributed by atoms with Crippen LogP contribution < -0.4 is 14.8 Å². The van der Waals surface area contributed by atoms with Crippen molar-refractivity contribution in [2.75, 3.05) is 20.8 Å². The minimum Gasteiger partial charge on any atom is -0.493 e. The van der Waals surface area contributed by atoms with Gasteiger partial charge in [0.1, 0.15) is 0 Å². The van der Waals surface area contributed by atoms with Gasteiger partial charge in [-0.1, -0.05) is 6.07 Å². The molecule has 1 aromatic rings. The van der Waals surface area contributed by atoms with Gasteiger partial charge < -0.3 is 19.9 Å². The molecule has 2 aliphatic carbocycles. The molecule has 2 fully saturated rings. The number of allylic oxidation sites excluding steroid dienone is 1. The molecule has 118 valence electrons. The molecular formula is C18H23NO3. The van der Waals surface area contributed by atoms with E-state index in [-0.39, 0.29) is 16.9 Å². The van der Waals surface area contributed by atoms with Crippen molar-refractivity contribution >= 4 is 0 Å². The highest BCUT2D eigenvalue weighted by atomic mass is 16.5. The Bertz CT molecular complexity index is 635. The summed E-state index contributed by atoms with van der Waals surface area (Å²) in [6.45, 7) is 0.967. The predicted octanol–water partition coefficient (Wildman–Crippen LogP) is 2.36. The number of benzene rings is 1. The van der Waals surface area contributed by atoms with Crippen molar-refractivity contribution in [1.82, 2.24) is 5.32 Å². The standard InChI is InChI=1S/C18H23NO3/c1-21-14-4-3-12(9-15(14)22-2)18-7-8-19-16(18)10-13(20)11-17(18)5-6-17/h3-4,9-10,13,19-20H,5-8,11H2,1-2H3/t13-,18+/m0/s1. The smallest absolute Gasteiger partial charge is 0.161 e. The number of rotatable bonds is 3. The number of hydrogen-bond acceptors (Lipinski definition) is 4. The minimum atomic E-state index is -0.323. The van der Waals surface area contributed by atoms with Crippen LogP contribution in [-0.2, 0) is 5.41 Å². The van der Waals surface area contributed by atoms with Gasteiger partial charge in [-0.05, 0) is 54.9 Å². The van der Waals surface area contributed by atoms with Crippen LogP contribution in [0.4, 0.5) is 0 Å². The lowest BCUT2D eigenvalue weighted by molar-refractivity contribution is 0.127. The lowest BCUT2D eigenvalue weighted by Crippen LogP contribution is -2.43. The Kier molecular flexibility index (Phi) is 2.95. The van der Waals surface area contributed by atoms with Crippen LogP contribution in [0.3, 0.4) is 0 Å². The molecular weight excluding hydrogens is 278 g/mol. The Morgan fingerprint density at radius 1 is 1.14 bits per heavy atom. The van der Waals surface area contributed by atoms with Gasteiger partial charge in [0.15, 0.2) is 11.5 Å². The van der Waals surface area contributed by atoms with E-state index < -0.39 is 0 Å². The zero-order valence-corrected chi connectivity index (χ0v) is 13.2. The van der Waals surface area contributed by atoms with Crippen molar-refractivity contribution < 1.29 is 14.6 Å². The Hall–Kier alpha value is -1.68. The summed E-state index contributed by atoms with van der Waals surface area (Å²) >= 11 is 0. The third-order valence-electron chi connectivity index (χ3n) is 5.87. The molecule has 2 atom stereocenters. The third-order valence-corrected chi connectivity index (χ3v) is 5.87. The topological polar surface area (TPSA) is 50.7 Å². The van der Waals surface area contributed by atoms with E-state index in [1.54, 1.807) is 14.2 Å². The lowest BCUT2D eigenvalue weighted by atomic mass is 9.60. The van der Waals surface area contributed by atoms with Crippen LogP contribution in [0.1, 0.15) is 31.2 Å². The van der Waals surface area contributed by atoms with Gasteiger partial charge in [-0.25, -0.2) is 0 Å². The molecule has 4 nitrogen and oxygen atoms in total. The van der Waals surface area contributed by atoms with E-state index in [2.05, 4.69) is 17.4 Å². The Labute approximate surface area is 131 Å². The molecule has 1 saturated heterocycles. The quantitative estimate of drug-likeness (QED) is 0.900. The zero-order valence-electron chi connectivity index (χ0n) is 13.2. The van der Waals surface area contributed by atoms with Crippen molar-refractivity contribution in [3.8, 4) is 11.5 Å². The molecule has 2 N–H and O–H groups in total. The van der Waals surface area contributed by atoms with Crippen molar-refractivity contribution in [3.63, 3.8) is 0 Å². The van der Waals surface area contributed by atoms with E-state index in [9.17, 15) is 5.11 Å². The molecule has 0 aromatic heterocycles. The summed E-state index contributed by atoms with van der Waals surface area (Å²) in [4.78, 5) is 0. The first-order valence-corrected chi connectivity index (χ1v) is 8.02. The van der Waals surface area contributed by atoms with E-state index in [0.29, 0.717) is 0 Å². The third kappa shape index (κ3) is 1.67. The average molecular weight is 301 g/mol. The van der Waals surface area contributed by atoms with Crippen molar-refractivity contribution in [2.45, 2.75) is 37.2 Å². The van der Waals surface area contributed by atoms with Gasteiger partial charge in [-0.2, -0.15) is 0 Å². The molecule has 0 radical (unpaired) electrons. The van der Waals surface area contributed by atoms with Crippen LogP contribution in [0.25, 0.3) is 0 Å². The number of hydrogen-bond donors (Lipinski definition) is 2. The normalized spacial score (nSPS) is 31.2. The second-order valence-corrected chi connectivity index (χ2v) is 6.78.